The molecule has 0 fully saturated rings. The minimum Gasteiger partial charge on any atom is -0.486 e. The number of nitriles is 1. The number of fused-ring (bicyclic) bond motifs is 1. The highest BCUT2D eigenvalue weighted by Gasteiger charge is 2.12. The Balaban J connectivity index is 1.61. The zero-order chi connectivity index (χ0) is 22.0. The van der Waals surface area contributed by atoms with E-state index in [4.69, 9.17) is 27.9 Å². The highest BCUT2D eigenvalue weighted by Crippen LogP contribution is 2.36. The standard InChI is InChI=1S/C24H16Cl2FN3O/c1-14-5-6-21-22(7-14)30-24(29-21)17(12-28)8-16-10-19(25)23(20(26)11-16)31-13-15-3-2-4-18(27)9-15/h2-11H,13H2,1H3,(H,29,30). The van der Waals surface area contributed by atoms with Crippen molar-refractivity contribution < 1.29 is 9.13 Å². The highest BCUT2D eigenvalue weighted by molar-refractivity contribution is 6.37. The molecule has 0 aliphatic heterocycles. The van der Waals surface area contributed by atoms with Gasteiger partial charge in [0.1, 0.15) is 24.3 Å². The number of aromatic amines is 1. The van der Waals surface area contributed by atoms with Crippen molar-refractivity contribution in [2.45, 2.75) is 13.5 Å². The summed E-state index contributed by atoms with van der Waals surface area (Å²) < 4.78 is 19.0. The summed E-state index contributed by atoms with van der Waals surface area (Å²) in [7, 11) is 0. The predicted molar refractivity (Wildman–Crippen MR) is 122 cm³/mol. The predicted octanol–water partition coefficient (Wildman–Crippen LogP) is 6.96. The number of hydrogen-bond donors (Lipinski definition) is 1. The molecular weight excluding hydrogens is 436 g/mol. The molecule has 0 amide bonds. The van der Waals surface area contributed by atoms with E-state index >= 15 is 0 Å². The second-order valence-corrected chi connectivity index (χ2v) is 7.82. The number of aromatic nitrogens is 2. The van der Waals surface area contributed by atoms with Gasteiger partial charge in [-0.05, 0) is 66.1 Å². The molecule has 4 nitrogen and oxygen atoms in total. The second-order valence-electron chi connectivity index (χ2n) is 7.01. The first-order chi connectivity index (χ1) is 14.9. The summed E-state index contributed by atoms with van der Waals surface area (Å²) in [4.78, 5) is 7.65. The molecule has 0 aliphatic rings. The van der Waals surface area contributed by atoms with E-state index in [2.05, 4.69) is 16.0 Å². The van der Waals surface area contributed by atoms with Crippen molar-refractivity contribution >= 4 is 45.9 Å². The number of benzene rings is 3. The maximum atomic E-state index is 13.3. The van der Waals surface area contributed by atoms with E-state index in [0.29, 0.717) is 28.3 Å². The fourth-order valence-electron chi connectivity index (χ4n) is 3.15. The number of imidazole rings is 1. The van der Waals surface area contributed by atoms with E-state index in [1.807, 2.05) is 25.1 Å². The van der Waals surface area contributed by atoms with Gasteiger partial charge in [0.25, 0.3) is 0 Å². The summed E-state index contributed by atoms with van der Waals surface area (Å²) in [5, 5.41) is 10.2. The quantitative estimate of drug-likeness (QED) is 0.333. The first-order valence-electron chi connectivity index (χ1n) is 9.38. The average molecular weight is 452 g/mol. The number of halogens is 3. The van der Waals surface area contributed by atoms with Gasteiger partial charge in [-0.25, -0.2) is 9.37 Å². The van der Waals surface area contributed by atoms with Crippen molar-refractivity contribution in [1.82, 2.24) is 9.97 Å². The summed E-state index contributed by atoms with van der Waals surface area (Å²) in [5.41, 5.74) is 4.35. The Bertz CT molecular complexity index is 1330. The number of nitrogens with zero attached hydrogens (tertiary/aromatic N) is 2. The Morgan fingerprint density at radius 2 is 1.94 bits per heavy atom. The third kappa shape index (κ3) is 4.72. The lowest BCUT2D eigenvalue weighted by molar-refractivity contribution is 0.306. The van der Waals surface area contributed by atoms with E-state index in [1.54, 1.807) is 30.3 Å². The van der Waals surface area contributed by atoms with E-state index < -0.39 is 0 Å². The van der Waals surface area contributed by atoms with Crippen LogP contribution in [0.1, 0.15) is 22.5 Å². The van der Waals surface area contributed by atoms with E-state index in [1.165, 1.54) is 12.1 Å². The Morgan fingerprint density at radius 1 is 1.16 bits per heavy atom. The van der Waals surface area contributed by atoms with Crippen molar-refractivity contribution in [2.24, 2.45) is 0 Å². The van der Waals surface area contributed by atoms with Gasteiger partial charge >= 0.3 is 0 Å². The minimum atomic E-state index is -0.344. The molecule has 4 rings (SSSR count). The van der Waals surface area contributed by atoms with Gasteiger partial charge in [0.15, 0.2) is 5.75 Å². The largest absolute Gasteiger partial charge is 0.486 e. The molecule has 0 saturated carbocycles. The van der Waals surface area contributed by atoms with Crippen molar-refractivity contribution in [3.63, 3.8) is 0 Å². The fourth-order valence-corrected chi connectivity index (χ4v) is 3.77. The highest BCUT2D eigenvalue weighted by atomic mass is 35.5. The molecule has 1 aromatic heterocycles. The van der Waals surface area contributed by atoms with E-state index in [-0.39, 0.29) is 22.5 Å². The molecule has 0 unspecified atom stereocenters. The molecule has 0 bridgehead atoms. The van der Waals surface area contributed by atoms with Crippen LogP contribution in [0.25, 0.3) is 22.7 Å². The average Bonchev–Trinajstić information content (AvgIpc) is 3.14. The van der Waals surface area contributed by atoms with Gasteiger partial charge in [-0.15, -0.1) is 0 Å². The molecule has 154 valence electrons. The number of H-pyrrole nitrogens is 1. The van der Waals surface area contributed by atoms with Crippen LogP contribution in [0.5, 0.6) is 5.75 Å². The number of aryl methyl sites for hydroxylation is 1. The van der Waals surface area contributed by atoms with Crippen molar-refractivity contribution in [2.75, 3.05) is 0 Å². The first kappa shape index (κ1) is 20.9. The van der Waals surface area contributed by atoms with Crippen molar-refractivity contribution in [3.05, 3.63) is 93.0 Å². The molecule has 0 radical (unpaired) electrons. The molecule has 31 heavy (non-hydrogen) atoms. The Hall–Kier alpha value is -3.33. The zero-order valence-electron chi connectivity index (χ0n) is 16.4. The maximum Gasteiger partial charge on any atom is 0.157 e. The number of allylic oxidation sites excluding steroid dienone is 1. The monoisotopic (exact) mass is 451 g/mol. The SMILES string of the molecule is Cc1ccc2nc(C(C#N)=Cc3cc(Cl)c(OCc4cccc(F)c4)c(Cl)c3)[nH]c2c1. The van der Waals surface area contributed by atoms with Gasteiger partial charge in [-0.2, -0.15) is 5.26 Å². The molecular formula is C24H16Cl2FN3O. The van der Waals surface area contributed by atoms with Crippen LogP contribution >= 0.6 is 23.2 Å². The van der Waals surface area contributed by atoms with Crippen molar-refractivity contribution in [1.29, 1.82) is 5.26 Å². The molecule has 0 atom stereocenters. The van der Waals surface area contributed by atoms with Crippen LogP contribution in [0.15, 0.2) is 54.6 Å². The van der Waals surface area contributed by atoms with Crippen LogP contribution in [0.3, 0.4) is 0 Å². The number of hydrogen-bond acceptors (Lipinski definition) is 3. The Kier molecular flexibility index (Phi) is 5.94. The lowest BCUT2D eigenvalue weighted by Gasteiger charge is -2.11. The van der Waals surface area contributed by atoms with Crippen LogP contribution in [-0.4, -0.2) is 9.97 Å². The first-order valence-corrected chi connectivity index (χ1v) is 10.1. The normalized spacial score (nSPS) is 11.5. The molecule has 0 spiro atoms. The van der Waals surface area contributed by atoms with Gasteiger partial charge in [0.05, 0.1) is 26.7 Å². The number of ether oxygens (including phenoxy) is 1. The van der Waals surface area contributed by atoms with Gasteiger partial charge in [0, 0.05) is 0 Å². The summed E-state index contributed by atoms with van der Waals surface area (Å²) in [6.07, 6.45) is 1.65. The van der Waals surface area contributed by atoms with E-state index in [0.717, 1.165) is 16.6 Å². The topological polar surface area (TPSA) is 61.7 Å². The maximum absolute atomic E-state index is 13.3. The smallest absolute Gasteiger partial charge is 0.157 e. The second kappa shape index (κ2) is 8.81. The Labute approximate surface area is 188 Å². The fraction of sp³-hybridized carbons (Fsp3) is 0.0833. The van der Waals surface area contributed by atoms with Crippen LogP contribution in [0, 0.1) is 24.1 Å². The van der Waals surface area contributed by atoms with Gasteiger partial charge < -0.3 is 9.72 Å². The van der Waals surface area contributed by atoms with Gasteiger partial charge in [-0.3, -0.25) is 0 Å². The third-order valence-electron chi connectivity index (χ3n) is 4.62. The Morgan fingerprint density at radius 3 is 2.65 bits per heavy atom. The number of nitrogens with one attached hydrogen (secondary N) is 1. The minimum absolute atomic E-state index is 0.119. The molecule has 3 aromatic carbocycles. The van der Waals surface area contributed by atoms with Crippen molar-refractivity contribution in [3.8, 4) is 11.8 Å². The third-order valence-corrected chi connectivity index (χ3v) is 5.18. The molecule has 7 heteroatoms. The summed E-state index contributed by atoms with van der Waals surface area (Å²) in [5.74, 6) is 0.410. The summed E-state index contributed by atoms with van der Waals surface area (Å²) in [6.45, 7) is 2.11. The molecule has 0 aliphatic carbocycles. The molecule has 4 aromatic rings. The summed E-state index contributed by atoms with van der Waals surface area (Å²) >= 11 is 12.7. The summed E-state index contributed by atoms with van der Waals surface area (Å²) in [6, 6.07) is 17.4. The lowest BCUT2D eigenvalue weighted by atomic mass is 10.1. The zero-order valence-corrected chi connectivity index (χ0v) is 17.9. The van der Waals surface area contributed by atoms with E-state index in [9.17, 15) is 9.65 Å². The molecule has 0 saturated heterocycles. The van der Waals surface area contributed by atoms with Gasteiger partial charge in [0.2, 0.25) is 0 Å². The lowest BCUT2D eigenvalue weighted by Crippen LogP contribution is -1.97. The van der Waals surface area contributed by atoms with Crippen LogP contribution in [-0.2, 0) is 6.61 Å². The molecule has 1 N–H and O–H groups in total. The van der Waals surface area contributed by atoms with Crippen LogP contribution in [0.4, 0.5) is 4.39 Å². The van der Waals surface area contributed by atoms with Crippen LogP contribution < -0.4 is 4.74 Å². The van der Waals surface area contributed by atoms with Gasteiger partial charge in [-0.1, -0.05) is 41.4 Å². The van der Waals surface area contributed by atoms with Crippen LogP contribution in [0.2, 0.25) is 10.0 Å². The molecule has 1 heterocycles. The number of rotatable bonds is 5.